The molecular weight excluding hydrogens is 1680 g/mol. The number of halogens is 6. The van der Waals surface area contributed by atoms with Crippen LogP contribution in [0.1, 0.15) is 106 Å². The first-order valence-corrected chi connectivity index (χ1v) is 45.9. The topological polar surface area (TPSA) is 337 Å². The van der Waals surface area contributed by atoms with Gasteiger partial charge in [-0.3, -0.25) is 14.4 Å². The fourth-order valence-electron chi connectivity index (χ4n) is 14.1. The van der Waals surface area contributed by atoms with Gasteiger partial charge >= 0.3 is 0 Å². The van der Waals surface area contributed by atoms with E-state index in [1.807, 2.05) is 57.5 Å². The minimum atomic E-state index is -4.01. The molecule has 0 spiro atoms. The number of ether oxygens (including phenoxy) is 6. The van der Waals surface area contributed by atoms with Gasteiger partial charge in [0.15, 0.2) is 0 Å². The lowest BCUT2D eigenvalue weighted by molar-refractivity contribution is -0.121. The Morgan fingerprint density at radius 1 is 0.386 bits per heavy atom. The van der Waals surface area contributed by atoms with E-state index in [-0.39, 0.29) is 190 Å². The van der Waals surface area contributed by atoms with Crippen LogP contribution in [0.2, 0.25) is 30.1 Å². The molecule has 0 bridgehead atoms. The third kappa shape index (κ3) is 28.5. The van der Waals surface area contributed by atoms with Crippen LogP contribution in [-0.2, 0) is 103 Å². The molecule has 37 heteroatoms. The predicted octanol–water partition coefficient (Wildman–Crippen LogP) is 8.65. The minimum absolute atomic E-state index is 0.0157. The second-order valence-corrected chi connectivity index (χ2v) is 38.0. The summed E-state index contributed by atoms with van der Waals surface area (Å²) in [5.74, 6) is -1.85. The number of fused-ring (bicyclic) bond motifs is 3. The largest absolute Gasteiger partial charge is 0.378 e. The fourth-order valence-corrected chi connectivity index (χ4v) is 20.1. The van der Waals surface area contributed by atoms with Crippen molar-refractivity contribution >= 4 is 127 Å². The van der Waals surface area contributed by atoms with Crippen molar-refractivity contribution in [1.82, 2.24) is 49.5 Å². The van der Waals surface area contributed by atoms with Crippen molar-refractivity contribution in [2.75, 3.05) is 166 Å². The Morgan fingerprint density at radius 3 is 0.912 bits per heavy atom. The maximum absolute atomic E-state index is 13.4. The maximum atomic E-state index is 13.4. The standard InChI is InChI=1S/C77H100Cl6N10O17S4/c1-91-47-65(62-41-56(78)44-71(81)68(62)50-91)53-8-5-11-59(38-53)112(99,100)87-23-29-108-35-32-105-26-20-84-74(94)14-17-77(90-111(4,97)98,18-15-75(95)85-21-27-106-33-36-109-30-24-88-113(101,102)60-12-6-9-54(39-60)66-48-92(2)51-69-63(66)42-57(79)45-72(69)82)19-16-76(96)86-22-28-107-34-37-110-31-25-89-114(103,104)61-13-7-10-55(40-61)67-49-93(3)52-70-64(67)43-58(80)46-73(70)83/h5-13,38-46,65-67,87-90H,14-37,47-52H2,1-4H3,(H,84,94)(H,85,95)(H,86,96)/t65-,66-,67-/m0/s1. The molecule has 0 saturated carbocycles. The first-order chi connectivity index (χ1) is 54.3. The van der Waals surface area contributed by atoms with E-state index in [1.165, 1.54) is 18.2 Å². The molecule has 3 aliphatic heterocycles. The summed E-state index contributed by atoms with van der Waals surface area (Å²) in [6.45, 7) is 5.06. The van der Waals surface area contributed by atoms with Crippen molar-refractivity contribution in [2.45, 2.75) is 96.1 Å². The Kier molecular flexibility index (Phi) is 35.9. The van der Waals surface area contributed by atoms with E-state index >= 15 is 0 Å². The summed E-state index contributed by atoms with van der Waals surface area (Å²) in [5.41, 5.74) is 6.64. The molecule has 0 aromatic heterocycles. The highest BCUT2D eigenvalue weighted by Gasteiger charge is 2.36. The van der Waals surface area contributed by atoms with Crippen LogP contribution < -0.4 is 34.8 Å². The number of likely N-dealkylation sites (N-methyl/N-ethyl adjacent to an activating group) is 3. The average molecular weight is 1780 g/mol. The van der Waals surface area contributed by atoms with Gasteiger partial charge in [-0.25, -0.2) is 52.6 Å². The summed E-state index contributed by atoms with van der Waals surface area (Å²) in [5, 5.41) is 11.4. The van der Waals surface area contributed by atoms with Gasteiger partial charge in [-0.15, -0.1) is 0 Å². The molecule has 6 aromatic rings. The van der Waals surface area contributed by atoms with Crippen molar-refractivity contribution in [2.24, 2.45) is 0 Å². The monoisotopic (exact) mass is 1770 g/mol. The van der Waals surface area contributed by atoms with Crippen LogP contribution in [0.4, 0.5) is 0 Å². The highest BCUT2D eigenvalue weighted by atomic mass is 35.5. The van der Waals surface area contributed by atoms with Crippen LogP contribution in [-0.4, -0.2) is 237 Å². The van der Waals surface area contributed by atoms with E-state index in [1.54, 1.807) is 54.6 Å². The van der Waals surface area contributed by atoms with Crippen LogP contribution in [0.5, 0.6) is 0 Å². The third-order valence-corrected chi connectivity index (χ3v) is 26.4. The first kappa shape index (κ1) is 92.6. The van der Waals surface area contributed by atoms with Gasteiger partial charge in [-0.2, -0.15) is 0 Å². The van der Waals surface area contributed by atoms with Gasteiger partial charge in [0.1, 0.15) is 0 Å². The zero-order valence-electron chi connectivity index (χ0n) is 64.0. The van der Waals surface area contributed by atoms with Crippen molar-refractivity contribution in [3.8, 4) is 0 Å². The van der Waals surface area contributed by atoms with E-state index in [4.69, 9.17) is 98.0 Å². The lowest BCUT2D eigenvalue weighted by Gasteiger charge is -2.34. The summed E-state index contributed by atoms with van der Waals surface area (Å²) in [4.78, 5) is 46.9. The molecule has 27 nitrogen and oxygen atoms in total. The van der Waals surface area contributed by atoms with E-state index < -0.39 is 63.4 Å². The SMILES string of the molecule is CN1Cc2c(Cl)cc(Cl)cc2[C@H](c2cccc(S(=O)(=O)NCCOCCOCCNC(=O)CCC(CCC(=O)NCCOCCOCCNS(=O)(=O)c3cccc([C@@H]4CN(C)Cc5c(Cl)cc(Cl)cc54)c3)(CCC(=O)NCCOCCOCCNS(=O)(=O)c3cccc([C@@H]4CN(C)Cc5c(Cl)cc(Cl)cc54)c3)NS(C)(=O)=O)c2)C1. The van der Waals surface area contributed by atoms with Gasteiger partial charge in [0.25, 0.3) is 0 Å². The number of carbonyl (C=O) groups excluding carboxylic acids is 3. The van der Waals surface area contributed by atoms with Crippen LogP contribution in [0, 0.1) is 0 Å². The molecule has 3 aliphatic rings. The number of sulfonamides is 4. The Bertz CT molecular complexity index is 4320. The van der Waals surface area contributed by atoms with Crippen LogP contribution >= 0.6 is 69.6 Å². The number of hydrogen-bond acceptors (Lipinski definition) is 20. The van der Waals surface area contributed by atoms with E-state index in [0.29, 0.717) is 69.4 Å². The number of carbonyl (C=O) groups is 3. The van der Waals surface area contributed by atoms with Gasteiger partial charge in [0, 0.05) is 151 Å². The number of rotatable bonds is 47. The fraction of sp³-hybridized carbons (Fsp3) is 0.494. The van der Waals surface area contributed by atoms with Crippen molar-refractivity contribution in [3.63, 3.8) is 0 Å². The van der Waals surface area contributed by atoms with E-state index in [2.05, 4.69) is 49.5 Å². The number of nitrogens with one attached hydrogen (secondary N) is 7. The molecule has 3 heterocycles. The van der Waals surface area contributed by atoms with Crippen LogP contribution in [0.3, 0.4) is 0 Å². The maximum Gasteiger partial charge on any atom is 0.240 e. The highest BCUT2D eigenvalue weighted by Crippen LogP contribution is 2.42. The molecule has 0 radical (unpaired) electrons. The second-order valence-electron chi connectivity index (χ2n) is 28.4. The number of benzene rings is 6. The van der Waals surface area contributed by atoms with Gasteiger partial charge in [0.05, 0.1) is 100 Å². The van der Waals surface area contributed by atoms with Crippen LogP contribution in [0.25, 0.3) is 0 Å². The summed E-state index contributed by atoms with van der Waals surface area (Å²) < 4.78 is 151. The third-order valence-electron chi connectivity index (χ3n) is 19.5. The number of amides is 3. The molecule has 0 aliphatic carbocycles. The Balaban J connectivity index is 0.685. The number of nitrogens with zero attached hydrogens (tertiary/aromatic N) is 3. The second kappa shape index (κ2) is 44.2. The van der Waals surface area contributed by atoms with Gasteiger partial charge in [-0.1, -0.05) is 106 Å². The number of hydrogen-bond donors (Lipinski definition) is 7. The highest BCUT2D eigenvalue weighted by molar-refractivity contribution is 7.90. The average Bonchev–Trinajstić information content (AvgIpc) is 0.768. The van der Waals surface area contributed by atoms with E-state index in [9.17, 15) is 48.1 Å². The molecular formula is C77H100Cl6N10O17S4. The zero-order chi connectivity index (χ0) is 82.2. The summed E-state index contributed by atoms with van der Waals surface area (Å²) in [6.07, 6.45) is -0.00944. The van der Waals surface area contributed by atoms with Gasteiger partial charge in [-0.05, 0) is 163 Å². The molecule has 0 unspecified atom stereocenters. The Morgan fingerprint density at radius 2 is 0.649 bits per heavy atom. The molecule has 114 heavy (non-hydrogen) atoms. The van der Waals surface area contributed by atoms with Gasteiger partial charge < -0.3 is 59.1 Å². The zero-order valence-corrected chi connectivity index (χ0v) is 71.8. The van der Waals surface area contributed by atoms with Crippen molar-refractivity contribution < 1.29 is 76.5 Å². The Hall–Kier alpha value is -5.25. The smallest absolute Gasteiger partial charge is 0.240 e. The van der Waals surface area contributed by atoms with Gasteiger partial charge in [0.2, 0.25) is 57.8 Å². The molecule has 0 fully saturated rings. The predicted molar refractivity (Wildman–Crippen MR) is 441 cm³/mol. The quantitative estimate of drug-likeness (QED) is 0.0176. The lowest BCUT2D eigenvalue weighted by Crippen LogP contribution is -2.50. The minimum Gasteiger partial charge on any atom is -0.378 e. The molecule has 6 aromatic carbocycles. The first-order valence-electron chi connectivity index (χ1n) is 37.3. The van der Waals surface area contributed by atoms with Crippen LogP contribution in [0.15, 0.2) is 124 Å². The van der Waals surface area contributed by atoms with Crippen molar-refractivity contribution in [1.29, 1.82) is 0 Å². The lowest BCUT2D eigenvalue weighted by atomic mass is 9.84. The van der Waals surface area contributed by atoms with E-state index in [0.717, 1.165) is 56.3 Å². The normalized spacial score (nSPS) is 16.5. The molecule has 626 valence electrons. The molecule has 3 amide bonds. The summed E-state index contributed by atoms with van der Waals surface area (Å²) in [7, 11) is -9.82. The molecule has 0 saturated heterocycles. The van der Waals surface area contributed by atoms with Crippen molar-refractivity contribution in [3.05, 3.63) is 189 Å². The summed E-state index contributed by atoms with van der Waals surface area (Å²) >= 11 is 38.9. The Labute approximate surface area is 699 Å². The molecule has 7 N–H and O–H groups in total. The molecule has 3 atom stereocenters. The molecule has 9 rings (SSSR count). The summed E-state index contributed by atoms with van der Waals surface area (Å²) in [6, 6.07) is 31.0.